The van der Waals surface area contributed by atoms with E-state index in [-0.39, 0.29) is 11.6 Å². The lowest BCUT2D eigenvalue weighted by Gasteiger charge is -2.18. The van der Waals surface area contributed by atoms with E-state index in [1.54, 1.807) is 12.1 Å². The molecular formula is C16H17N3O4. The average Bonchev–Trinajstić information content (AvgIpc) is 2.55. The summed E-state index contributed by atoms with van der Waals surface area (Å²) >= 11 is 0. The Labute approximate surface area is 133 Å². The molecule has 0 saturated carbocycles. The Morgan fingerprint density at radius 1 is 1.17 bits per heavy atom. The Morgan fingerprint density at radius 2 is 1.91 bits per heavy atom. The first-order valence-corrected chi connectivity index (χ1v) is 6.91. The van der Waals surface area contributed by atoms with Gasteiger partial charge in [-0.25, -0.2) is 4.79 Å². The van der Waals surface area contributed by atoms with Crippen LogP contribution in [-0.4, -0.2) is 34.3 Å². The number of ether oxygens (including phenoxy) is 1. The van der Waals surface area contributed by atoms with Crippen LogP contribution < -0.4 is 10.1 Å². The zero-order valence-corrected chi connectivity index (χ0v) is 13.0. The van der Waals surface area contributed by atoms with Gasteiger partial charge in [-0.3, -0.25) is 4.79 Å². The minimum Gasteiger partial charge on any atom is -0.480 e. The zero-order chi connectivity index (χ0) is 17.0. The van der Waals surface area contributed by atoms with Crippen LogP contribution in [0.1, 0.15) is 33.2 Å². The number of carboxylic acids is 1. The third kappa shape index (κ3) is 3.63. The third-order valence-corrected chi connectivity index (χ3v) is 3.56. The van der Waals surface area contributed by atoms with E-state index in [1.165, 1.54) is 19.2 Å². The van der Waals surface area contributed by atoms with Crippen LogP contribution in [0, 0.1) is 13.8 Å². The van der Waals surface area contributed by atoms with Crippen LogP contribution in [0.2, 0.25) is 0 Å². The first kappa shape index (κ1) is 16.4. The van der Waals surface area contributed by atoms with Gasteiger partial charge in [-0.15, -0.1) is 10.2 Å². The third-order valence-electron chi connectivity index (χ3n) is 3.56. The number of rotatable bonds is 5. The number of carboxylic acid groups (broad SMARTS) is 1. The lowest BCUT2D eigenvalue weighted by atomic mass is 9.97. The molecule has 2 aromatic rings. The van der Waals surface area contributed by atoms with Gasteiger partial charge in [-0.1, -0.05) is 18.2 Å². The van der Waals surface area contributed by atoms with Crippen molar-refractivity contribution in [3.63, 3.8) is 0 Å². The van der Waals surface area contributed by atoms with Gasteiger partial charge < -0.3 is 15.2 Å². The van der Waals surface area contributed by atoms with Crippen molar-refractivity contribution in [2.45, 2.75) is 19.9 Å². The normalized spacial score (nSPS) is 11.6. The van der Waals surface area contributed by atoms with Crippen LogP contribution in [0.25, 0.3) is 0 Å². The molecule has 0 unspecified atom stereocenters. The number of carbonyl (C=O) groups is 2. The van der Waals surface area contributed by atoms with E-state index in [2.05, 4.69) is 15.5 Å². The summed E-state index contributed by atoms with van der Waals surface area (Å²) in [6.07, 6.45) is 0. The van der Waals surface area contributed by atoms with Gasteiger partial charge in [0.25, 0.3) is 5.91 Å². The average molecular weight is 315 g/mol. The predicted octanol–water partition coefficient (Wildman–Crippen LogP) is 1.66. The number of nitrogens with one attached hydrogen (secondary N) is 1. The van der Waals surface area contributed by atoms with Crippen molar-refractivity contribution in [3.8, 4) is 5.88 Å². The quantitative estimate of drug-likeness (QED) is 0.870. The van der Waals surface area contributed by atoms with Crippen LogP contribution in [-0.2, 0) is 4.79 Å². The van der Waals surface area contributed by atoms with Gasteiger partial charge >= 0.3 is 5.97 Å². The van der Waals surface area contributed by atoms with Gasteiger partial charge in [0.2, 0.25) is 5.88 Å². The number of amides is 1. The first-order valence-electron chi connectivity index (χ1n) is 6.91. The molecule has 0 spiro atoms. The lowest BCUT2D eigenvalue weighted by molar-refractivity contribution is -0.139. The van der Waals surface area contributed by atoms with Crippen molar-refractivity contribution in [2.75, 3.05) is 7.11 Å². The molecule has 2 N–H and O–H groups in total. The standard InChI is InChI=1S/C16H17N3O4/c1-9-5-4-6-11(10(9)2)14(16(21)22)17-15(20)12-7-8-13(23-3)19-18-12/h4-8,14H,1-3H3,(H,17,20)(H,21,22)/t14-/m1/s1. The smallest absolute Gasteiger partial charge is 0.330 e. The Balaban J connectivity index is 2.27. The maximum atomic E-state index is 12.2. The molecule has 1 aromatic heterocycles. The fourth-order valence-corrected chi connectivity index (χ4v) is 2.11. The van der Waals surface area contributed by atoms with Crippen LogP contribution in [0.5, 0.6) is 5.88 Å². The number of methoxy groups -OCH3 is 1. The summed E-state index contributed by atoms with van der Waals surface area (Å²) in [6.45, 7) is 3.70. The molecule has 0 aliphatic rings. The van der Waals surface area contributed by atoms with Crippen LogP contribution in [0.3, 0.4) is 0 Å². The highest BCUT2D eigenvalue weighted by Crippen LogP contribution is 2.21. The lowest BCUT2D eigenvalue weighted by Crippen LogP contribution is -2.34. The van der Waals surface area contributed by atoms with Crippen LogP contribution in [0.15, 0.2) is 30.3 Å². The van der Waals surface area contributed by atoms with E-state index in [0.717, 1.165) is 11.1 Å². The molecule has 7 nitrogen and oxygen atoms in total. The molecule has 7 heteroatoms. The number of aromatic nitrogens is 2. The summed E-state index contributed by atoms with van der Waals surface area (Å²) in [7, 11) is 1.44. The summed E-state index contributed by atoms with van der Waals surface area (Å²) < 4.78 is 4.87. The summed E-state index contributed by atoms with van der Waals surface area (Å²) in [6, 6.07) is 7.06. The van der Waals surface area contributed by atoms with Crippen molar-refractivity contribution in [1.82, 2.24) is 15.5 Å². The molecule has 0 aliphatic heterocycles. The second-order valence-electron chi connectivity index (χ2n) is 4.99. The second kappa shape index (κ2) is 6.87. The molecule has 1 heterocycles. The van der Waals surface area contributed by atoms with E-state index in [0.29, 0.717) is 5.56 Å². The van der Waals surface area contributed by atoms with Crippen molar-refractivity contribution in [1.29, 1.82) is 0 Å². The largest absolute Gasteiger partial charge is 0.480 e. The van der Waals surface area contributed by atoms with Crippen molar-refractivity contribution in [3.05, 3.63) is 52.7 Å². The second-order valence-corrected chi connectivity index (χ2v) is 4.99. The Hall–Kier alpha value is -2.96. The number of hydrogen-bond acceptors (Lipinski definition) is 5. The van der Waals surface area contributed by atoms with Gasteiger partial charge in [0.1, 0.15) is 0 Å². The number of benzene rings is 1. The van der Waals surface area contributed by atoms with Crippen LogP contribution in [0.4, 0.5) is 0 Å². The molecule has 0 bridgehead atoms. The van der Waals surface area contributed by atoms with Gasteiger partial charge in [-0.05, 0) is 36.6 Å². The molecule has 2 rings (SSSR count). The summed E-state index contributed by atoms with van der Waals surface area (Å²) in [5.74, 6) is -1.49. The molecule has 1 amide bonds. The monoisotopic (exact) mass is 315 g/mol. The number of carbonyl (C=O) groups excluding carboxylic acids is 1. The molecule has 1 atom stereocenters. The highest BCUT2D eigenvalue weighted by Gasteiger charge is 2.25. The topological polar surface area (TPSA) is 101 Å². The van der Waals surface area contributed by atoms with E-state index in [4.69, 9.17) is 4.74 Å². The van der Waals surface area contributed by atoms with Crippen LogP contribution >= 0.6 is 0 Å². The Kier molecular flexibility index (Phi) is 4.90. The molecule has 120 valence electrons. The molecule has 0 fully saturated rings. The highest BCUT2D eigenvalue weighted by molar-refractivity contribution is 5.95. The van der Waals surface area contributed by atoms with Gasteiger partial charge in [0, 0.05) is 6.07 Å². The van der Waals surface area contributed by atoms with Crippen molar-refractivity contribution < 1.29 is 19.4 Å². The molecule has 0 aliphatic carbocycles. The molecule has 23 heavy (non-hydrogen) atoms. The Morgan fingerprint density at radius 3 is 2.48 bits per heavy atom. The molecule has 0 saturated heterocycles. The minimum atomic E-state index is -1.16. The van der Waals surface area contributed by atoms with Crippen molar-refractivity contribution in [2.24, 2.45) is 0 Å². The molecule has 0 radical (unpaired) electrons. The Bertz CT molecular complexity index is 729. The minimum absolute atomic E-state index is 0.0161. The number of aliphatic carboxylic acids is 1. The predicted molar refractivity (Wildman–Crippen MR) is 82.3 cm³/mol. The summed E-state index contributed by atoms with van der Waals surface area (Å²) in [4.78, 5) is 23.8. The van der Waals surface area contributed by atoms with Gasteiger partial charge in [-0.2, -0.15) is 0 Å². The zero-order valence-electron chi connectivity index (χ0n) is 13.0. The summed E-state index contributed by atoms with van der Waals surface area (Å²) in [5.41, 5.74) is 2.32. The highest BCUT2D eigenvalue weighted by atomic mass is 16.5. The number of nitrogens with zero attached hydrogens (tertiary/aromatic N) is 2. The maximum Gasteiger partial charge on any atom is 0.330 e. The van der Waals surface area contributed by atoms with E-state index < -0.39 is 17.9 Å². The molecule has 1 aromatic carbocycles. The maximum absolute atomic E-state index is 12.2. The fraction of sp³-hybridized carbons (Fsp3) is 0.250. The van der Waals surface area contributed by atoms with Gasteiger partial charge in [0.05, 0.1) is 7.11 Å². The number of hydrogen-bond donors (Lipinski definition) is 2. The van der Waals surface area contributed by atoms with E-state index in [1.807, 2.05) is 19.9 Å². The molecular weight excluding hydrogens is 298 g/mol. The van der Waals surface area contributed by atoms with E-state index >= 15 is 0 Å². The SMILES string of the molecule is COc1ccc(C(=O)N[C@@H](C(=O)O)c2cccc(C)c2C)nn1. The summed E-state index contributed by atoms with van der Waals surface area (Å²) in [5, 5.41) is 19.3. The fourth-order valence-electron chi connectivity index (χ4n) is 2.11. The van der Waals surface area contributed by atoms with Crippen molar-refractivity contribution >= 4 is 11.9 Å². The first-order chi connectivity index (χ1) is 10.9. The number of aryl methyl sites for hydroxylation is 1. The van der Waals surface area contributed by atoms with Gasteiger partial charge in [0.15, 0.2) is 11.7 Å². The van der Waals surface area contributed by atoms with E-state index in [9.17, 15) is 14.7 Å².